The van der Waals surface area contributed by atoms with Crippen LogP contribution in [0.3, 0.4) is 0 Å². The summed E-state index contributed by atoms with van der Waals surface area (Å²) in [4.78, 5) is 12.0. The summed E-state index contributed by atoms with van der Waals surface area (Å²) in [6.07, 6.45) is -4.05. The molecule has 1 aliphatic rings. The molecule has 0 aromatic heterocycles. The van der Waals surface area contributed by atoms with Crippen LogP contribution in [0.25, 0.3) is 0 Å². The number of carbonyl (C=O) groups excluding carboxylic acids is 1. The molecule has 0 saturated heterocycles. The zero-order chi connectivity index (χ0) is 18.0. The molecule has 4 nitrogen and oxygen atoms in total. The lowest BCUT2D eigenvalue weighted by Crippen LogP contribution is -2.14. The zero-order valence-corrected chi connectivity index (χ0v) is 13.6. The van der Waals surface area contributed by atoms with E-state index in [0.717, 1.165) is 17.7 Å². The summed E-state index contributed by atoms with van der Waals surface area (Å²) in [5.41, 5.74) is -0.0679. The molecule has 0 saturated carbocycles. The first-order chi connectivity index (χ1) is 11.8. The normalized spacial score (nSPS) is 13.0. The van der Waals surface area contributed by atoms with Crippen molar-refractivity contribution >= 4 is 23.2 Å². The molecule has 8 heteroatoms. The number of rotatable bonds is 4. The fraction of sp³-hybridized carbons (Fsp3) is 0.235. The molecule has 0 fully saturated rings. The van der Waals surface area contributed by atoms with Crippen molar-refractivity contribution in [3.05, 3.63) is 52.5 Å². The zero-order valence-electron chi connectivity index (χ0n) is 12.8. The predicted octanol–water partition coefficient (Wildman–Crippen LogP) is 4.66. The third-order valence-electron chi connectivity index (χ3n) is 3.63. The highest BCUT2D eigenvalue weighted by Crippen LogP contribution is 2.36. The van der Waals surface area contributed by atoms with Gasteiger partial charge in [0.1, 0.15) is 0 Å². The SMILES string of the molecule is O=C(CCc1ccc2c(c1)OCO2)Nc1ccc(Cl)c(C(F)(F)F)c1. The Morgan fingerprint density at radius 1 is 1.12 bits per heavy atom. The van der Waals surface area contributed by atoms with Gasteiger partial charge in [-0.15, -0.1) is 0 Å². The van der Waals surface area contributed by atoms with E-state index >= 15 is 0 Å². The van der Waals surface area contributed by atoms with Crippen LogP contribution in [0.4, 0.5) is 18.9 Å². The largest absolute Gasteiger partial charge is 0.454 e. The van der Waals surface area contributed by atoms with Gasteiger partial charge in [0.05, 0.1) is 10.6 Å². The van der Waals surface area contributed by atoms with Crippen LogP contribution in [-0.4, -0.2) is 12.7 Å². The van der Waals surface area contributed by atoms with Gasteiger partial charge in [-0.05, 0) is 42.3 Å². The van der Waals surface area contributed by atoms with E-state index in [0.29, 0.717) is 17.9 Å². The number of hydrogen-bond donors (Lipinski definition) is 1. The van der Waals surface area contributed by atoms with Crippen LogP contribution in [0.15, 0.2) is 36.4 Å². The van der Waals surface area contributed by atoms with Gasteiger partial charge in [-0.1, -0.05) is 17.7 Å². The molecule has 0 aliphatic carbocycles. The maximum Gasteiger partial charge on any atom is 0.417 e. The number of anilines is 1. The smallest absolute Gasteiger partial charge is 0.417 e. The van der Waals surface area contributed by atoms with Crippen molar-refractivity contribution in [2.24, 2.45) is 0 Å². The Morgan fingerprint density at radius 3 is 2.64 bits per heavy atom. The van der Waals surface area contributed by atoms with Crippen LogP contribution in [0.1, 0.15) is 17.5 Å². The van der Waals surface area contributed by atoms with E-state index in [9.17, 15) is 18.0 Å². The van der Waals surface area contributed by atoms with Crippen molar-refractivity contribution < 1.29 is 27.4 Å². The van der Waals surface area contributed by atoms with Gasteiger partial charge in [0.2, 0.25) is 12.7 Å². The van der Waals surface area contributed by atoms with Gasteiger partial charge in [0, 0.05) is 12.1 Å². The summed E-state index contributed by atoms with van der Waals surface area (Å²) in [6, 6.07) is 8.60. The maximum atomic E-state index is 12.8. The molecule has 1 aliphatic heterocycles. The Kier molecular flexibility index (Phi) is 4.76. The number of halogens is 4. The standard InChI is InChI=1S/C17H13ClF3NO3/c18-13-4-3-11(8-12(13)17(19,20)21)22-16(23)6-2-10-1-5-14-15(7-10)25-9-24-14/h1,3-5,7-8H,2,6,9H2,(H,22,23). The molecule has 0 bridgehead atoms. The molecule has 132 valence electrons. The number of hydrogen-bond acceptors (Lipinski definition) is 3. The predicted molar refractivity (Wildman–Crippen MR) is 86.0 cm³/mol. The molecule has 1 amide bonds. The highest BCUT2D eigenvalue weighted by molar-refractivity contribution is 6.31. The molecule has 25 heavy (non-hydrogen) atoms. The van der Waals surface area contributed by atoms with Gasteiger partial charge in [-0.2, -0.15) is 13.2 Å². The average molecular weight is 372 g/mol. The van der Waals surface area contributed by atoms with Crippen LogP contribution >= 0.6 is 11.6 Å². The van der Waals surface area contributed by atoms with E-state index in [1.807, 2.05) is 6.07 Å². The van der Waals surface area contributed by atoms with E-state index < -0.39 is 22.7 Å². The van der Waals surface area contributed by atoms with E-state index in [1.165, 1.54) is 6.07 Å². The number of carbonyl (C=O) groups is 1. The first kappa shape index (κ1) is 17.4. The molecule has 0 spiro atoms. The van der Waals surface area contributed by atoms with Crippen molar-refractivity contribution in [1.82, 2.24) is 0 Å². The number of amides is 1. The first-order valence-electron chi connectivity index (χ1n) is 7.38. The van der Waals surface area contributed by atoms with E-state index in [2.05, 4.69) is 5.32 Å². The highest BCUT2D eigenvalue weighted by atomic mass is 35.5. The van der Waals surface area contributed by atoms with E-state index in [-0.39, 0.29) is 18.9 Å². The summed E-state index contributed by atoms with van der Waals surface area (Å²) in [5.74, 6) is 0.868. The lowest BCUT2D eigenvalue weighted by Gasteiger charge is -2.12. The van der Waals surface area contributed by atoms with Gasteiger partial charge in [0.15, 0.2) is 11.5 Å². The third kappa shape index (κ3) is 4.17. The second kappa shape index (κ2) is 6.84. The number of aryl methyl sites for hydroxylation is 1. The van der Waals surface area contributed by atoms with Gasteiger partial charge >= 0.3 is 6.18 Å². The van der Waals surface area contributed by atoms with Crippen molar-refractivity contribution in [3.8, 4) is 11.5 Å². The Morgan fingerprint density at radius 2 is 1.88 bits per heavy atom. The van der Waals surface area contributed by atoms with E-state index in [4.69, 9.17) is 21.1 Å². The monoisotopic (exact) mass is 371 g/mol. The molecule has 3 rings (SSSR count). The van der Waals surface area contributed by atoms with Gasteiger partial charge < -0.3 is 14.8 Å². The molecule has 0 atom stereocenters. The molecule has 0 unspecified atom stereocenters. The Hall–Kier alpha value is -2.41. The third-order valence-corrected chi connectivity index (χ3v) is 3.96. The van der Waals surface area contributed by atoms with Gasteiger partial charge in [0.25, 0.3) is 0 Å². The summed E-state index contributed by atoms with van der Waals surface area (Å²) in [5, 5.41) is 2.04. The van der Waals surface area contributed by atoms with Crippen molar-refractivity contribution in [1.29, 1.82) is 0 Å². The fourth-order valence-electron chi connectivity index (χ4n) is 2.40. The summed E-state index contributed by atoms with van der Waals surface area (Å²) in [7, 11) is 0. The minimum atomic E-state index is -4.58. The lowest BCUT2D eigenvalue weighted by molar-refractivity contribution is -0.137. The number of benzene rings is 2. The highest BCUT2D eigenvalue weighted by Gasteiger charge is 2.33. The average Bonchev–Trinajstić information content (AvgIpc) is 3.01. The number of alkyl halides is 3. The number of fused-ring (bicyclic) bond motifs is 1. The van der Waals surface area contributed by atoms with Crippen molar-refractivity contribution in [2.75, 3.05) is 12.1 Å². The number of nitrogens with one attached hydrogen (secondary N) is 1. The Labute approximate surface area is 146 Å². The minimum absolute atomic E-state index is 0.0485. The van der Waals surface area contributed by atoms with Crippen LogP contribution in [0.2, 0.25) is 5.02 Å². The quantitative estimate of drug-likeness (QED) is 0.850. The van der Waals surface area contributed by atoms with Crippen LogP contribution in [0.5, 0.6) is 11.5 Å². The van der Waals surface area contributed by atoms with Crippen molar-refractivity contribution in [2.45, 2.75) is 19.0 Å². The van der Waals surface area contributed by atoms with Crippen molar-refractivity contribution in [3.63, 3.8) is 0 Å². The fourth-order valence-corrected chi connectivity index (χ4v) is 2.62. The molecule has 1 N–H and O–H groups in total. The maximum absolute atomic E-state index is 12.8. The molecular formula is C17H13ClF3NO3. The van der Waals surface area contributed by atoms with Crippen LogP contribution in [-0.2, 0) is 17.4 Å². The van der Waals surface area contributed by atoms with Gasteiger partial charge in [-0.3, -0.25) is 4.79 Å². The van der Waals surface area contributed by atoms with Gasteiger partial charge in [-0.25, -0.2) is 0 Å². The van der Waals surface area contributed by atoms with Crippen LogP contribution < -0.4 is 14.8 Å². The molecule has 2 aromatic rings. The second-order valence-corrected chi connectivity index (χ2v) is 5.84. The molecule has 1 heterocycles. The Bertz CT molecular complexity index is 808. The lowest BCUT2D eigenvalue weighted by atomic mass is 10.1. The van der Waals surface area contributed by atoms with E-state index in [1.54, 1.807) is 12.1 Å². The molecule has 0 radical (unpaired) electrons. The summed E-state index contributed by atoms with van der Waals surface area (Å²) in [6.45, 7) is 0.164. The summed E-state index contributed by atoms with van der Waals surface area (Å²) >= 11 is 5.55. The number of ether oxygens (including phenoxy) is 2. The van der Waals surface area contributed by atoms with Crippen LogP contribution in [0, 0.1) is 0 Å². The topological polar surface area (TPSA) is 47.6 Å². The summed E-state index contributed by atoms with van der Waals surface area (Å²) < 4.78 is 48.9. The first-order valence-corrected chi connectivity index (χ1v) is 7.76. The Balaban J connectivity index is 1.61. The minimum Gasteiger partial charge on any atom is -0.454 e. The molecule has 2 aromatic carbocycles. The second-order valence-electron chi connectivity index (χ2n) is 5.43. The molecular weight excluding hydrogens is 359 g/mol.